The van der Waals surface area contributed by atoms with Crippen LogP contribution in [0.25, 0.3) is 10.8 Å². The van der Waals surface area contributed by atoms with Crippen LogP contribution in [0.1, 0.15) is 17.0 Å². The van der Waals surface area contributed by atoms with Crippen molar-refractivity contribution in [2.75, 3.05) is 17.3 Å². The molecule has 4 rings (SSSR count). The molecule has 29 heavy (non-hydrogen) atoms. The smallest absolute Gasteiger partial charge is 0.471 e. The Balaban J connectivity index is 1.82. The predicted octanol–water partition coefficient (Wildman–Crippen LogP) is 5.65. The summed E-state index contributed by atoms with van der Waals surface area (Å²) in [5.41, 5.74) is 1.79. The van der Waals surface area contributed by atoms with Gasteiger partial charge in [0.25, 0.3) is 0 Å². The summed E-state index contributed by atoms with van der Waals surface area (Å²) in [5.74, 6) is -1.73. The highest BCUT2D eigenvalue weighted by Crippen LogP contribution is 2.46. The molecule has 0 fully saturated rings. The number of halogens is 4. The summed E-state index contributed by atoms with van der Waals surface area (Å²) in [6, 6.07) is 18.3. The van der Waals surface area contributed by atoms with Gasteiger partial charge >= 0.3 is 12.1 Å². The van der Waals surface area contributed by atoms with Crippen LogP contribution in [0.5, 0.6) is 5.75 Å². The van der Waals surface area contributed by atoms with E-state index >= 15 is 0 Å². The number of anilines is 1. The lowest BCUT2D eigenvalue weighted by molar-refractivity contribution is -0.170. The molecule has 1 heterocycles. The number of ether oxygens (including phenoxy) is 1. The molecule has 0 N–H and O–H groups in total. The Hall–Kier alpha value is -2.73. The lowest BCUT2D eigenvalue weighted by Gasteiger charge is -2.20. The molecule has 1 unspecified atom stereocenters. The van der Waals surface area contributed by atoms with Gasteiger partial charge in [0, 0.05) is 29.8 Å². The molecule has 7 heteroatoms. The van der Waals surface area contributed by atoms with Crippen molar-refractivity contribution in [2.45, 2.75) is 18.7 Å². The van der Waals surface area contributed by atoms with Gasteiger partial charge in [-0.05, 0) is 16.5 Å². The number of amides is 1. The summed E-state index contributed by atoms with van der Waals surface area (Å²) in [6.07, 6.45) is -4.96. The SMILES string of the molecule is O=C(N1CC(CCl)c2c1cc(OCc1ccccc1)c1ccccc21)C(F)(F)F. The third-order valence-electron chi connectivity index (χ3n) is 5.04. The topological polar surface area (TPSA) is 29.5 Å². The molecule has 0 aromatic heterocycles. The Morgan fingerprint density at radius 3 is 2.38 bits per heavy atom. The van der Waals surface area contributed by atoms with E-state index in [1.54, 1.807) is 0 Å². The number of benzene rings is 3. The number of carbonyl (C=O) groups is 1. The van der Waals surface area contributed by atoms with Crippen LogP contribution in [0.4, 0.5) is 18.9 Å². The van der Waals surface area contributed by atoms with Crippen LogP contribution >= 0.6 is 11.6 Å². The van der Waals surface area contributed by atoms with E-state index in [1.807, 2.05) is 54.6 Å². The van der Waals surface area contributed by atoms with E-state index in [0.29, 0.717) is 11.3 Å². The van der Waals surface area contributed by atoms with E-state index in [1.165, 1.54) is 6.07 Å². The van der Waals surface area contributed by atoms with Crippen LogP contribution in [-0.4, -0.2) is 24.5 Å². The Kier molecular flexibility index (Phi) is 5.13. The first-order chi connectivity index (χ1) is 13.9. The Morgan fingerprint density at radius 1 is 1.07 bits per heavy atom. The molecule has 1 atom stereocenters. The van der Waals surface area contributed by atoms with Gasteiger partial charge in [-0.3, -0.25) is 4.79 Å². The molecule has 3 nitrogen and oxygen atoms in total. The molecule has 150 valence electrons. The highest BCUT2D eigenvalue weighted by atomic mass is 35.5. The molecule has 3 aromatic rings. The third-order valence-corrected chi connectivity index (χ3v) is 5.41. The fourth-order valence-corrected chi connectivity index (χ4v) is 3.99. The largest absolute Gasteiger partial charge is 0.488 e. The summed E-state index contributed by atoms with van der Waals surface area (Å²) in [7, 11) is 0. The first-order valence-electron chi connectivity index (χ1n) is 9.07. The molecule has 0 radical (unpaired) electrons. The van der Waals surface area contributed by atoms with Crippen LogP contribution in [0.15, 0.2) is 60.7 Å². The van der Waals surface area contributed by atoms with Gasteiger partial charge in [-0.1, -0.05) is 54.6 Å². The minimum Gasteiger partial charge on any atom is -0.488 e. The number of hydrogen-bond donors (Lipinski definition) is 0. The van der Waals surface area contributed by atoms with Crippen molar-refractivity contribution in [3.8, 4) is 5.75 Å². The number of nitrogens with zero attached hydrogens (tertiary/aromatic N) is 1. The van der Waals surface area contributed by atoms with Crippen LogP contribution < -0.4 is 9.64 Å². The van der Waals surface area contributed by atoms with Gasteiger partial charge in [0.1, 0.15) is 12.4 Å². The number of fused-ring (bicyclic) bond motifs is 3. The normalized spacial score (nSPS) is 16.1. The summed E-state index contributed by atoms with van der Waals surface area (Å²) in [6.45, 7) is 0.152. The summed E-state index contributed by atoms with van der Waals surface area (Å²) >= 11 is 6.05. The Bertz CT molecular complexity index is 1050. The van der Waals surface area contributed by atoms with E-state index in [2.05, 4.69) is 0 Å². The van der Waals surface area contributed by atoms with Crippen molar-refractivity contribution >= 4 is 34.0 Å². The van der Waals surface area contributed by atoms with E-state index < -0.39 is 12.1 Å². The van der Waals surface area contributed by atoms with E-state index in [4.69, 9.17) is 16.3 Å². The van der Waals surface area contributed by atoms with Gasteiger partial charge < -0.3 is 9.64 Å². The first-order valence-corrected chi connectivity index (χ1v) is 9.60. The molecule has 0 saturated carbocycles. The van der Waals surface area contributed by atoms with Gasteiger partial charge in [-0.2, -0.15) is 13.2 Å². The van der Waals surface area contributed by atoms with Gasteiger partial charge in [0.15, 0.2) is 0 Å². The molecular formula is C22H17ClF3NO2. The molecule has 0 spiro atoms. The second-order valence-electron chi connectivity index (χ2n) is 6.89. The monoisotopic (exact) mass is 419 g/mol. The minimum absolute atomic E-state index is 0.108. The fourth-order valence-electron chi connectivity index (χ4n) is 3.74. The molecule has 1 aliphatic heterocycles. The second-order valence-corrected chi connectivity index (χ2v) is 7.20. The number of hydrogen-bond acceptors (Lipinski definition) is 2. The maximum absolute atomic E-state index is 13.2. The average Bonchev–Trinajstić information content (AvgIpc) is 3.10. The molecule has 0 aliphatic carbocycles. The highest BCUT2D eigenvalue weighted by Gasteiger charge is 2.47. The highest BCUT2D eigenvalue weighted by molar-refractivity contribution is 6.19. The minimum atomic E-state index is -4.96. The third kappa shape index (κ3) is 3.65. The number of carbonyl (C=O) groups excluding carboxylic acids is 1. The maximum Gasteiger partial charge on any atom is 0.471 e. The molecule has 1 amide bonds. The van der Waals surface area contributed by atoms with Crippen molar-refractivity contribution in [3.63, 3.8) is 0 Å². The Labute approximate surface area is 170 Å². The van der Waals surface area contributed by atoms with Crippen molar-refractivity contribution in [1.29, 1.82) is 0 Å². The molecule has 0 bridgehead atoms. The quantitative estimate of drug-likeness (QED) is 0.511. The predicted molar refractivity (Wildman–Crippen MR) is 107 cm³/mol. The average molecular weight is 420 g/mol. The summed E-state index contributed by atoms with van der Waals surface area (Å²) in [5, 5.41) is 1.52. The lowest BCUT2D eigenvalue weighted by Crippen LogP contribution is -2.40. The van der Waals surface area contributed by atoms with E-state index in [-0.39, 0.29) is 30.6 Å². The van der Waals surface area contributed by atoms with Gasteiger partial charge in [-0.25, -0.2) is 0 Å². The zero-order valence-electron chi connectivity index (χ0n) is 15.2. The van der Waals surface area contributed by atoms with Crippen LogP contribution in [0.3, 0.4) is 0 Å². The van der Waals surface area contributed by atoms with Crippen LogP contribution in [-0.2, 0) is 11.4 Å². The lowest BCUT2D eigenvalue weighted by atomic mass is 9.95. The van der Waals surface area contributed by atoms with Gasteiger partial charge in [0.05, 0.1) is 5.69 Å². The van der Waals surface area contributed by atoms with Crippen molar-refractivity contribution < 1.29 is 22.7 Å². The van der Waals surface area contributed by atoms with Gasteiger partial charge in [0.2, 0.25) is 0 Å². The fraction of sp³-hybridized carbons (Fsp3) is 0.227. The molecular weight excluding hydrogens is 403 g/mol. The van der Waals surface area contributed by atoms with E-state index in [0.717, 1.165) is 21.2 Å². The zero-order valence-corrected chi connectivity index (χ0v) is 16.0. The van der Waals surface area contributed by atoms with Crippen molar-refractivity contribution in [1.82, 2.24) is 0 Å². The first kappa shape index (κ1) is 19.6. The summed E-state index contributed by atoms with van der Waals surface area (Å²) < 4.78 is 45.4. The number of alkyl halides is 4. The van der Waals surface area contributed by atoms with Crippen LogP contribution in [0.2, 0.25) is 0 Å². The van der Waals surface area contributed by atoms with E-state index in [9.17, 15) is 18.0 Å². The molecule has 1 aliphatic rings. The van der Waals surface area contributed by atoms with Gasteiger partial charge in [-0.15, -0.1) is 11.6 Å². The Morgan fingerprint density at radius 2 is 1.72 bits per heavy atom. The number of rotatable bonds is 4. The maximum atomic E-state index is 13.2. The van der Waals surface area contributed by atoms with Crippen LogP contribution in [0, 0.1) is 0 Å². The van der Waals surface area contributed by atoms with Crippen molar-refractivity contribution in [2.24, 2.45) is 0 Å². The molecule has 3 aromatic carbocycles. The molecule has 0 saturated heterocycles. The van der Waals surface area contributed by atoms with Crippen molar-refractivity contribution in [3.05, 3.63) is 71.8 Å². The zero-order chi connectivity index (χ0) is 20.6. The second kappa shape index (κ2) is 7.59. The standard InChI is InChI=1S/C22H17ClF3NO2/c23-11-15-12-27(21(28)22(24,25)26)18-10-19(29-13-14-6-2-1-3-7-14)16-8-4-5-9-17(16)20(15)18/h1-10,15H,11-13H2. The summed E-state index contributed by atoms with van der Waals surface area (Å²) in [4.78, 5) is 12.8.